The Morgan fingerprint density at radius 1 is 1.12 bits per heavy atom. The first-order valence-electron chi connectivity index (χ1n) is 11.2. The molecule has 168 valence electrons. The van der Waals surface area contributed by atoms with E-state index in [1.807, 2.05) is 43.0 Å². The first kappa shape index (κ1) is 22.3. The van der Waals surface area contributed by atoms with Crippen molar-refractivity contribution in [2.24, 2.45) is 0 Å². The molecular weight excluding hydrogens is 416 g/mol. The van der Waals surface area contributed by atoms with E-state index < -0.39 is 5.91 Å². The Morgan fingerprint density at radius 3 is 2.64 bits per heavy atom. The normalized spacial score (nSPS) is 13.5. The summed E-state index contributed by atoms with van der Waals surface area (Å²) >= 11 is 0. The molecule has 1 N–H and O–H groups in total. The van der Waals surface area contributed by atoms with E-state index in [1.54, 1.807) is 22.9 Å². The topological polar surface area (TPSA) is 84.3 Å². The summed E-state index contributed by atoms with van der Waals surface area (Å²) in [6, 6.07) is 11.0. The van der Waals surface area contributed by atoms with Gasteiger partial charge in [-0.15, -0.1) is 0 Å². The Hall–Kier alpha value is -3.92. The fourth-order valence-corrected chi connectivity index (χ4v) is 3.93. The zero-order valence-electron chi connectivity index (χ0n) is 18.9. The third-order valence-corrected chi connectivity index (χ3v) is 5.72. The Morgan fingerprint density at radius 2 is 1.91 bits per heavy atom. The lowest BCUT2D eigenvalue weighted by Gasteiger charge is -2.26. The van der Waals surface area contributed by atoms with E-state index in [0.717, 1.165) is 36.3 Å². The average molecular weight is 443 g/mol. The van der Waals surface area contributed by atoms with Crippen LogP contribution >= 0.6 is 0 Å². The third kappa shape index (κ3) is 4.80. The number of anilines is 1. The Balaban J connectivity index is 1.44. The predicted molar refractivity (Wildman–Crippen MR) is 128 cm³/mol. The van der Waals surface area contributed by atoms with Gasteiger partial charge in [-0.2, -0.15) is 0 Å². The van der Waals surface area contributed by atoms with E-state index in [0.29, 0.717) is 24.0 Å². The van der Waals surface area contributed by atoms with Crippen LogP contribution in [0.2, 0.25) is 0 Å². The van der Waals surface area contributed by atoms with Crippen molar-refractivity contribution in [2.45, 2.75) is 39.7 Å². The van der Waals surface area contributed by atoms with Crippen LogP contribution in [0.3, 0.4) is 0 Å². The summed E-state index contributed by atoms with van der Waals surface area (Å²) in [6.45, 7) is 5.25. The Labute approximate surface area is 192 Å². The molecule has 7 nitrogen and oxygen atoms in total. The predicted octanol–water partition coefficient (Wildman–Crippen LogP) is 3.02. The molecule has 0 spiro atoms. The van der Waals surface area contributed by atoms with Gasteiger partial charge in [0.1, 0.15) is 11.2 Å². The number of piperidine rings is 1. The highest BCUT2D eigenvalue weighted by atomic mass is 16.2. The molecule has 0 bridgehead atoms. The number of rotatable bonds is 4. The van der Waals surface area contributed by atoms with E-state index >= 15 is 0 Å². The SMILES string of the molecule is CCn1cc(C(=O)NCC#Cc2ccc(N3CCCCC3=O)cc2)c(=O)c2ccc(C)nc21. The Bertz CT molecular complexity index is 1330. The fourth-order valence-electron chi connectivity index (χ4n) is 3.93. The number of benzene rings is 1. The van der Waals surface area contributed by atoms with Crippen molar-refractivity contribution in [2.75, 3.05) is 18.0 Å². The highest BCUT2D eigenvalue weighted by molar-refractivity contribution is 5.97. The summed E-state index contributed by atoms with van der Waals surface area (Å²) in [5.74, 6) is 5.62. The second kappa shape index (κ2) is 9.70. The second-order valence-corrected chi connectivity index (χ2v) is 8.02. The van der Waals surface area contributed by atoms with Gasteiger partial charge >= 0.3 is 0 Å². The highest BCUT2D eigenvalue weighted by Crippen LogP contribution is 2.21. The van der Waals surface area contributed by atoms with Crippen LogP contribution in [0.5, 0.6) is 0 Å². The number of hydrogen-bond acceptors (Lipinski definition) is 4. The van der Waals surface area contributed by atoms with Crippen LogP contribution in [0, 0.1) is 18.8 Å². The molecule has 7 heteroatoms. The molecule has 1 aromatic carbocycles. The first-order chi connectivity index (χ1) is 16.0. The van der Waals surface area contributed by atoms with Crippen molar-refractivity contribution in [1.29, 1.82) is 0 Å². The van der Waals surface area contributed by atoms with Crippen LogP contribution < -0.4 is 15.6 Å². The lowest BCUT2D eigenvalue weighted by molar-refractivity contribution is -0.119. The summed E-state index contributed by atoms with van der Waals surface area (Å²) in [5, 5.41) is 3.13. The lowest BCUT2D eigenvalue weighted by Crippen LogP contribution is -2.35. The number of fused-ring (bicyclic) bond motifs is 1. The van der Waals surface area contributed by atoms with Gasteiger partial charge in [0.25, 0.3) is 5.91 Å². The molecule has 1 fully saturated rings. The van der Waals surface area contributed by atoms with Gasteiger partial charge in [-0.05, 0) is 63.1 Å². The maximum atomic E-state index is 12.8. The van der Waals surface area contributed by atoms with E-state index in [1.165, 1.54) is 0 Å². The van der Waals surface area contributed by atoms with Gasteiger partial charge in [-0.1, -0.05) is 11.8 Å². The highest BCUT2D eigenvalue weighted by Gasteiger charge is 2.19. The van der Waals surface area contributed by atoms with Crippen molar-refractivity contribution < 1.29 is 9.59 Å². The minimum Gasteiger partial charge on any atom is -0.341 e. The number of carbonyl (C=O) groups excluding carboxylic acids is 2. The van der Waals surface area contributed by atoms with Crippen molar-refractivity contribution in [3.8, 4) is 11.8 Å². The van der Waals surface area contributed by atoms with Crippen LogP contribution in [0.25, 0.3) is 11.0 Å². The maximum absolute atomic E-state index is 12.8. The van der Waals surface area contributed by atoms with Crippen molar-refractivity contribution in [1.82, 2.24) is 14.9 Å². The van der Waals surface area contributed by atoms with E-state index in [-0.39, 0.29) is 23.4 Å². The summed E-state index contributed by atoms with van der Waals surface area (Å²) in [5.41, 5.74) is 2.80. The summed E-state index contributed by atoms with van der Waals surface area (Å²) in [7, 11) is 0. The molecule has 0 unspecified atom stereocenters. The minimum absolute atomic E-state index is 0.0763. The summed E-state index contributed by atoms with van der Waals surface area (Å²) < 4.78 is 1.80. The zero-order chi connectivity index (χ0) is 23.4. The average Bonchev–Trinajstić information content (AvgIpc) is 2.83. The number of carbonyl (C=O) groups is 2. The molecule has 2 amide bonds. The van der Waals surface area contributed by atoms with Crippen LogP contribution in [0.15, 0.2) is 47.4 Å². The maximum Gasteiger partial charge on any atom is 0.257 e. The molecule has 1 aliphatic heterocycles. The number of aryl methyl sites for hydroxylation is 2. The van der Waals surface area contributed by atoms with Crippen molar-refractivity contribution in [3.05, 3.63) is 69.6 Å². The minimum atomic E-state index is -0.460. The van der Waals surface area contributed by atoms with Crippen LogP contribution in [0.1, 0.15) is 47.8 Å². The molecule has 0 saturated carbocycles. The molecule has 1 aliphatic rings. The third-order valence-electron chi connectivity index (χ3n) is 5.72. The molecule has 0 radical (unpaired) electrons. The molecule has 3 heterocycles. The standard InChI is InChI=1S/C26H26N4O3/c1-3-29-17-22(24(32)21-14-9-18(2)28-25(21)29)26(33)27-15-6-7-19-10-12-20(13-11-19)30-16-5-4-8-23(30)31/h9-14,17H,3-5,8,15-16H2,1-2H3,(H,27,33). The second-order valence-electron chi connectivity index (χ2n) is 8.02. The van der Waals surface area contributed by atoms with Crippen LogP contribution in [-0.4, -0.2) is 34.5 Å². The molecule has 0 atom stereocenters. The molecule has 3 aromatic rings. The van der Waals surface area contributed by atoms with Gasteiger partial charge in [-0.3, -0.25) is 14.4 Å². The van der Waals surface area contributed by atoms with Gasteiger partial charge in [0.2, 0.25) is 11.3 Å². The molecule has 4 rings (SSSR count). The van der Waals surface area contributed by atoms with Gasteiger partial charge in [0.05, 0.1) is 11.9 Å². The van der Waals surface area contributed by atoms with Gasteiger partial charge in [-0.25, -0.2) is 4.98 Å². The number of hydrogen-bond donors (Lipinski definition) is 1. The van der Waals surface area contributed by atoms with Gasteiger partial charge in [0.15, 0.2) is 0 Å². The first-order valence-corrected chi connectivity index (χ1v) is 11.2. The van der Waals surface area contributed by atoms with Crippen LogP contribution in [-0.2, 0) is 11.3 Å². The van der Waals surface area contributed by atoms with E-state index in [2.05, 4.69) is 22.1 Å². The quantitative estimate of drug-likeness (QED) is 0.630. The monoisotopic (exact) mass is 442 g/mol. The van der Waals surface area contributed by atoms with Gasteiger partial charge in [0, 0.05) is 42.7 Å². The van der Waals surface area contributed by atoms with E-state index in [4.69, 9.17) is 0 Å². The number of aromatic nitrogens is 2. The lowest BCUT2D eigenvalue weighted by atomic mass is 10.1. The molecule has 33 heavy (non-hydrogen) atoms. The molecule has 1 saturated heterocycles. The fraction of sp³-hybridized carbons (Fsp3) is 0.308. The zero-order valence-corrected chi connectivity index (χ0v) is 18.9. The molecule has 2 aromatic heterocycles. The molecular formula is C26H26N4O3. The summed E-state index contributed by atoms with van der Waals surface area (Å²) in [4.78, 5) is 43.8. The number of nitrogens with one attached hydrogen (secondary N) is 1. The number of pyridine rings is 2. The van der Waals surface area contributed by atoms with Gasteiger partial charge < -0.3 is 14.8 Å². The van der Waals surface area contributed by atoms with E-state index in [9.17, 15) is 14.4 Å². The Kier molecular flexibility index (Phi) is 6.55. The van der Waals surface area contributed by atoms with Crippen molar-refractivity contribution >= 4 is 28.5 Å². The van der Waals surface area contributed by atoms with Crippen LogP contribution in [0.4, 0.5) is 5.69 Å². The summed E-state index contributed by atoms with van der Waals surface area (Å²) in [6.07, 6.45) is 4.12. The van der Waals surface area contributed by atoms with Crippen molar-refractivity contribution in [3.63, 3.8) is 0 Å². The molecule has 0 aliphatic carbocycles. The smallest absolute Gasteiger partial charge is 0.257 e. The number of nitrogens with zero attached hydrogens (tertiary/aromatic N) is 3. The largest absolute Gasteiger partial charge is 0.341 e. The number of amides is 2.